The van der Waals surface area contributed by atoms with Crippen molar-refractivity contribution in [2.24, 2.45) is 0 Å². The molecule has 0 saturated heterocycles. The molecule has 0 spiro atoms. The van der Waals surface area contributed by atoms with E-state index in [1.807, 2.05) is 7.05 Å². The molecule has 5 heteroatoms. The zero-order chi connectivity index (χ0) is 30.4. The summed E-state index contributed by atoms with van der Waals surface area (Å²) >= 11 is 0. The van der Waals surface area contributed by atoms with Gasteiger partial charge in [-0.2, -0.15) is 5.06 Å². The summed E-state index contributed by atoms with van der Waals surface area (Å²) in [6.07, 6.45) is 16.5. The molecule has 0 amide bonds. The second kappa shape index (κ2) is 12.7. The number of nitrogens with one attached hydrogen (secondary N) is 1. The molecule has 0 aliphatic heterocycles. The minimum Gasteiger partial charge on any atom is -0.689 e. The average molecular weight is 656 g/mol. The van der Waals surface area contributed by atoms with Crippen LogP contribution in [0.4, 0.5) is 0 Å². The van der Waals surface area contributed by atoms with E-state index >= 15 is 0 Å². The van der Waals surface area contributed by atoms with E-state index in [4.69, 9.17) is 5.41 Å². The third-order valence-electron chi connectivity index (χ3n) is 9.70. The number of likely N-dealkylation sites (N-methyl/N-ethyl adjacent to an activating group) is 2. The summed E-state index contributed by atoms with van der Waals surface area (Å²) < 4.78 is 0. The Labute approximate surface area is 287 Å². The van der Waals surface area contributed by atoms with E-state index in [1.54, 1.807) is 7.05 Å². The Balaban J connectivity index is 0.00000126. The van der Waals surface area contributed by atoms with Crippen LogP contribution in [0.2, 0.25) is 0 Å². The first-order chi connectivity index (χ1) is 20.9. The summed E-state index contributed by atoms with van der Waals surface area (Å²) in [6, 6.07) is 24.9. The molecule has 7 rings (SSSR count). The molecule has 3 aromatic carbocycles. The Hall–Kier alpha value is -3.15. The van der Waals surface area contributed by atoms with Gasteiger partial charge in [0.15, 0.2) is 0 Å². The molecule has 0 saturated carbocycles. The Bertz CT molecular complexity index is 1720. The molecule has 0 heterocycles. The average Bonchev–Trinajstić information content (AvgIpc) is 3.78. The zero-order valence-electron chi connectivity index (χ0n) is 26.1. The van der Waals surface area contributed by atoms with Gasteiger partial charge < -0.3 is 15.9 Å². The minimum atomic E-state index is -0.165. The molecule has 0 aromatic heterocycles. The predicted octanol–water partition coefficient (Wildman–Crippen LogP) is 9.23. The van der Waals surface area contributed by atoms with Crippen LogP contribution in [-0.2, 0) is 43.5 Å². The Morgan fingerprint density at radius 2 is 1.64 bits per heavy atom. The molecule has 221 valence electrons. The summed E-state index contributed by atoms with van der Waals surface area (Å²) in [7, 11) is 3.51. The van der Waals surface area contributed by atoms with Crippen LogP contribution in [0.3, 0.4) is 0 Å². The summed E-state index contributed by atoms with van der Waals surface area (Å²) in [6.45, 7) is 7.19. The van der Waals surface area contributed by atoms with Crippen LogP contribution >= 0.6 is 0 Å². The molecule has 2 N–H and O–H groups in total. The van der Waals surface area contributed by atoms with E-state index in [9.17, 15) is 5.21 Å². The van der Waals surface area contributed by atoms with Gasteiger partial charge in [-0.3, -0.25) is 0 Å². The molecular formula is C39H40N3OY-. The van der Waals surface area contributed by atoms with Crippen molar-refractivity contribution in [1.82, 2.24) is 5.06 Å². The predicted molar refractivity (Wildman–Crippen MR) is 180 cm³/mol. The summed E-state index contributed by atoms with van der Waals surface area (Å²) in [5.41, 5.74) is 14.0. The number of nitrogens with zero attached hydrogens (tertiary/aromatic N) is 2. The van der Waals surface area contributed by atoms with Crippen molar-refractivity contribution in [3.8, 4) is 11.1 Å². The minimum absolute atomic E-state index is 0. The second-order valence-corrected chi connectivity index (χ2v) is 12.3. The van der Waals surface area contributed by atoms with Gasteiger partial charge in [0, 0.05) is 51.2 Å². The number of benzene rings is 3. The summed E-state index contributed by atoms with van der Waals surface area (Å²) in [4.78, 5) is 0. The van der Waals surface area contributed by atoms with Crippen molar-refractivity contribution >= 4 is 17.9 Å². The van der Waals surface area contributed by atoms with Gasteiger partial charge in [-0.15, -0.1) is 12.7 Å². The van der Waals surface area contributed by atoms with Crippen molar-refractivity contribution in [3.05, 3.63) is 148 Å². The standard InChI is InChI=1S/C38H37N2O.CH3N.Y/c1-37(2)32-15-9-8-13-30(32)31-23-28(21-22-33(31)37)38(27-11-6-5-7-12-27)24-34(38)26-19-17-25(18-20-26)29-14-10-16-35(40(4)41)36(29)39-3;1-2;/h5-6,8-11,13-15,17-24,35,41H,7,12,16H2,1-4H3;2H,1H2;/q-1;;. The third-order valence-corrected chi connectivity index (χ3v) is 9.70. The fourth-order valence-electron chi connectivity index (χ4n) is 7.44. The van der Waals surface area contributed by atoms with E-state index in [1.165, 1.54) is 49.6 Å². The fraction of sp³-hybridized carbons (Fsp3) is 0.256. The van der Waals surface area contributed by atoms with Crippen molar-refractivity contribution in [2.45, 2.75) is 50.0 Å². The third kappa shape index (κ3) is 5.16. The first kappa shape index (κ1) is 32.3. The number of rotatable bonds is 6. The Kier molecular flexibility index (Phi) is 9.30. The molecule has 2 unspecified atom stereocenters. The van der Waals surface area contributed by atoms with E-state index < -0.39 is 0 Å². The molecular weight excluding hydrogens is 615 g/mol. The number of fused-ring (bicyclic) bond motifs is 3. The van der Waals surface area contributed by atoms with E-state index in [0.717, 1.165) is 36.1 Å². The number of hydrogen-bond donors (Lipinski definition) is 2. The maximum Gasteiger partial charge on any atom is 0.0605 e. The van der Waals surface area contributed by atoms with Gasteiger partial charge in [-0.1, -0.05) is 117 Å². The zero-order valence-corrected chi connectivity index (χ0v) is 29.0. The molecule has 1 radical (unpaired) electrons. The number of hydroxylamine groups is 2. The second-order valence-electron chi connectivity index (χ2n) is 12.3. The van der Waals surface area contributed by atoms with Crippen LogP contribution in [0.15, 0.2) is 114 Å². The van der Waals surface area contributed by atoms with Gasteiger partial charge in [0.05, 0.1) is 5.41 Å². The van der Waals surface area contributed by atoms with E-state index in [-0.39, 0.29) is 49.6 Å². The van der Waals surface area contributed by atoms with Gasteiger partial charge in [-0.25, -0.2) is 0 Å². The van der Waals surface area contributed by atoms with Gasteiger partial charge in [-0.05, 0) is 82.1 Å². The van der Waals surface area contributed by atoms with E-state index in [0.29, 0.717) is 0 Å². The van der Waals surface area contributed by atoms with Crippen molar-refractivity contribution in [3.63, 3.8) is 0 Å². The smallest absolute Gasteiger partial charge is 0.0605 e. The first-order valence-corrected chi connectivity index (χ1v) is 15.1. The Morgan fingerprint density at radius 3 is 2.32 bits per heavy atom. The molecule has 3 aromatic rings. The van der Waals surface area contributed by atoms with Crippen LogP contribution in [0.25, 0.3) is 27.6 Å². The normalized spacial score (nSPS) is 22.2. The molecule has 2 atom stereocenters. The summed E-state index contributed by atoms with van der Waals surface area (Å²) in [5, 5.41) is 21.5. The van der Waals surface area contributed by atoms with Crippen LogP contribution in [0.1, 0.15) is 60.9 Å². The van der Waals surface area contributed by atoms with Crippen LogP contribution in [-0.4, -0.2) is 37.1 Å². The van der Waals surface area contributed by atoms with Crippen molar-refractivity contribution in [1.29, 1.82) is 5.41 Å². The largest absolute Gasteiger partial charge is 0.689 e. The first-order valence-electron chi connectivity index (χ1n) is 15.1. The molecule has 4 nitrogen and oxygen atoms in total. The molecule has 0 bridgehead atoms. The van der Waals surface area contributed by atoms with Crippen LogP contribution in [0.5, 0.6) is 0 Å². The van der Waals surface area contributed by atoms with Crippen molar-refractivity contribution in [2.75, 3.05) is 14.1 Å². The SMILES string of the molecule is C=N.C[N-]C1=C(c2ccc(C3=CC3(C3=CC=CCC3)c3ccc4c(c3)-c3ccccc3C4(C)C)cc2)C=CCC1N(C)O.[Y]. The van der Waals surface area contributed by atoms with Crippen LogP contribution in [0, 0.1) is 5.41 Å². The molecule has 0 fully saturated rings. The Morgan fingerprint density at radius 1 is 0.932 bits per heavy atom. The molecule has 4 aliphatic carbocycles. The quantitative estimate of drug-likeness (QED) is 0.206. The molecule has 44 heavy (non-hydrogen) atoms. The number of hydrogen-bond acceptors (Lipinski definition) is 3. The maximum atomic E-state index is 10.2. The van der Waals surface area contributed by atoms with Gasteiger partial charge in [0.1, 0.15) is 0 Å². The van der Waals surface area contributed by atoms with Crippen LogP contribution < -0.4 is 0 Å². The summed E-state index contributed by atoms with van der Waals surface area (Å²) in [5.74, 6) is 0. The van der Waals surface area contributed by atoms with Gasteiger partial charge in [0.25, 0.3) is 0 Å². The topological polar surface area (TPSA) is 61.4 Å². The van der Waals surface area contributed by atoms with Gasteiger partial charge >= 0.3 is 0 Å². The number of allylic oxidation sites excluding steroid dienone is 8. The molecule has 4 aliphatic rings. The maximum absolute atomic E-state index is 10.2. The van der Waals surface area contributed by atoms with Gasteiger partial charge in [0.2, 0.25) is 0 Å². The van der Waals surface area contributed by atoms with Crippen molar-refractivity contribution < 1.29 is 37.9 Å². The monoisotopic (exact) mass is 655 g/mol. The van der Waals surface area contributed by atoms with E-state index in [2.05, 4.69) is 129 Å². The fourth-order valence-corrected chi connectivity index (χ4v) is 7.44.